The molecule has 0 aromatic carbocycles. The maximum Gasteiger partial charge on any atom is 0.277 e. The Morgan fingerprint density at radius 2 is 2.17 bits per heavy atom. The van der Waals surface area contributed by atoms with Crippen molar-refractivity contribution in [2.75, 3.05) is 19.4 Å². The summed E-state index contributed by atoms with van der Waals surface area (Å²) in [6, 6.07) is 0.837. The number of hydrogen-bond donors (Lipinski definition) is 1. The molecule has 1 heterocycles. The molecule has 7 nitrogen and oxygen atoms in total. The standard InChI is InChI=1S/C11H16N4O3/c1-7-6-12-10(5-9(7)15(17)18)13-8(2)11(16)14(3)4/h5-6,8H,1-4H3,(H,12,13). The second-order valence-electron chi connectivity index (χ2n) is 4.21. The molecule has 98 valence electrons. The maximum absolute atomic E-state index is 11.6. The number of rotatable bonds is 4. The molecule has 0 bridgehead atoms. The van der Waals surface area contributed by atoms with Crippen molar-refractivity contribution >= 4 is 17.4 Å². The van der Waals surface area contributed by atoms with Crippen LogP contribution in [-0.2, 0) is 4.79 Å². The van der Waals surface area contributed by atoms with Gasteiger partial charge in [0.2, 0.25) is 5.91 Å². The van der Waals surface area contributed by atoms with E-state index < -0.39 is 11.0 Å². The van der Waals surface area contributed by atoms with Gasteiger partial charge in [0.15, 0.2) is 0 Å². The summed E-state index contributed by atoms with van der Waals surface area (Å²) >= 11 is 0. The van der Waals surface area contributed by atoms with Gasteiger partial charge in [-0.2, -0.15) is 0 Å². The summed E-state index contributed by atoms with van der Waals surface area (Å²) in [4.78, 5) is 27.4. The summed E-state index contributed by atoms with van der Waals surface area (Å²) in [5.74, 6) is 0.190. The number of hydrogen-bond acceptors (Lipinski definition) is 5. The third-order valence-electron chi connectivity index (χ3n) is 2.45. The molecule has 1 rings (SSSR count). The molecule has 0 radical (unpaired) electrons. The normalized spacial score (nSPS) is 11.8. The third kappa shape index (κ3) is 3.16. The van der Waals surface area contributed by atoms with E-state index in [9.17, 15) is 14.9 Å². The number of pyridine rings is 1. The number of aryl methyl sites for hydroxylation is 1. The van der Waals surface area contributed by atoms with Crippen molar-refractivity contribution in [1.29, 1.82) is 0 Å². The van der Waals surface area contributed by atoms with Gasteiger partial charge < -0.3 is 10.2 Å². The van der Waals surface area contributed by atoms with E-state index >= 15 is 0 Å². The fourth-order valence-electron chi connectivity index (χ4n) is 1.46. The van der Waals surface area contributed by atoms with Crippen LogP contribution in [0.25, 0.3) is 0 Å². The molecule has 0 saturated carbocycles. The lowest BCUT2D eigenvalue weighted by Gasteiger charge is -2.18. The molecule has 0 spiro atoms. The van der Waals surface area contributed by atoms with Crippen molar-refractivity contribution in [3.05, 3.63) is 27.9 Å². The van der Waals surface area contributed by atoms with Crippen molar-refractivity contribution < 1.29 is 9.72 Å². The summed E-state index contributed by atoms with van der Waals surface area (Å²) in [6.45, 7) is 3.29. The molecule has 0 saturated heterocycles. The smallest absolute Gasteiger partial charge is 0.277 e. The lowest BCUT2D eigenvalue weighted by molar-refractivity contribution is -0.385. The topological polar surface area (TPSA) is 88.4 Å². The van der Waals surface area contributed by atoms with E-state index in [1.165, 1.54) is 17.2 Å². The number of nitrogens with one attached hydrogen (secondary N) is 1. The zero-order chi connectivity index (χ0) is 13.9. The molecule has 7 heteroatoms. The molecule has 0 fully saturated rings. The van der Waals surface area contributed by atoms with Gasteiger partial charge in [-0.05, 0) is 13.8 Å². The third-order valence-corrected chi connectivity index (χ3v) is 2.45. The first kappa shape index (κ1) is 13.9. The SMILES string of the molecule is Cc1cnc(NC(C)C(=O)N(C)C)cc1[N+](=O)[O-]. The molecule has 1 N–H and O–H groups in total. The van der Waals surface area contributed by atoms with Crippen LogP contribution in [0.1, 0.15) is 12.5 Å². The average molecular weight is 252 g/mol. The van der Waals surface area contributed by atoms with Gasteiger partial charge in [0.1, 0.15) is 11.9 Å². The molecule has 0 aliphatic heterocycles. The van der Waals surface area contributed by atoms with E-state index in [0.29, 0.717) is 11.4 Å². The summed E-state index contributed by atoms with van der Waals surface area (Å²) < 4.78 is 0. The highest BCUT2D eigenvalue weighted by Gasteiger charge is 2.17. The minimum Gasteiger partial charge on any atom is -0.358 e. The van der Waals surface area contributed by atoms with Gasteiger partial charge in [-0.25, -0.2) is 4.98 Å². The van der Waals surface area contributed by atoms with Crippen LogP contribution in [0.4, 0.5) is 11.5 Å². The van der Waals surface area contributed by atoms with Gasteiger partial charge in [-0.3, -0.25) is 14.9 Å². The van der Waals surface area contributed by atoms with E-state index in [0.717, 1.165) is 0 Å². The molecule has 0 aliphatic rings. The second-order valence-corrected chi connectivity index (χ2v) is 4.21. The highest BCUT2D eigenvalue weighted by atomic mass is 16.6. The number of carbonyl (C=O) groups excluding carboxylic acids is 1. The first-order chi connectivity index (χ1) is 8.32. The predicted octanol–water partition coefficient (Wildman–Crippen LogP) is 1.19. The van der Waals surface area contributed by atoms with Crippen LogP contribution in [0.3, 0.4) is 0 Å². The number of amides is 1. The molecule has 1 atom stereocenters. The Hall–Kier alpha value is -2.18. The number of likely N-dealkylation sites (N-methyl/N-ethyl adjacent to an activating group) is 1. The largest absolute Gasteiger partial charge is 0.358 e. The lowest BCUT2D eigenvalue weighted by atomic mass is 10.2. The van der Waals surface area contributed by atoms with Gasteiger partial charge in [-0.1, -0.05) is 0 Å². The van der Waals surface area contributed by atoms with Crippen LogP contribution < -0.4 is 5.32 Å². The Kier molecular flexibility index (Phi) is 4.19. The Bertz CT molecular complexity index is 473. The van der Waals surface area contributed by atoms with E-state index in [4.69, 9.17) is 0 Å². The van der Waals surface area contributed by atoms with E-state index in [1.54, 1.807) is 27.9 Å². The van der Waals surface area contributed by atoms with E-state index in [2.05, 4.69) is 10.3 Å². The van der Waals surface area contributed by atoms with Crippen molar-refractivity contribution in [3.63, 3.8) is 0 Å². The molecule has 1 amide bonds. The van der Waals surface area contributed by atoms with Crippen molar-refractivity contribution in [3.8, 4) is 0 Å². The molecule has 1 aromatic heterocycles. The number of nitro groups is 1. The summed E-state index contributed by atoms with van der Waals surface area (Å²) in [7, 11) is 3.29. The number of aromatic nitrogens is 1. The van der Waals surface area contributed by atoms with Gasteiger partial charge in [0.05, 0.1) is 11.0 Å². The minimum atomic E-state index is -0.491. The Balaban J connectivity index is 2.89. The zero-order valence-corrected chi connectivity index (χ0v) is 10.8. The van der Waals surface area contributed by atoms with E-state index in [-0.39, 0.29) is 11.6 Å². The Morgan fingerprint density at radius 3 is 2.67 bits per heavy atom. The molecule has 18 heavy (non-hydrogen) atoms. The molecule has 1 unspecified atom stereocenters. The van der Waals surface area contributed by atoms with Crippen LogP contribution in [-0.4, -0.2) is 40.9 Å². The molecule has 1 aromatic rings. The molecular weight excluding hydrogens is 236 g/mol. The van der Waals surface area contributed by atoms with Gasteiger partial charge in [-0.15, -0.1) is 0 Å². The summed E-state index contributed by atoms with van der Waals surface area (Å²) in [5.41, 5.74) is 0.467. The van der Waals surface area contributed by atoms with Crippen LogP contribution >= 0.6 is 0 Å². The van der Waals surface area contributed by atoms with Crippen LogP contribution in [0, 0.1) is 17.0 Å². The van der Waals surface area contributed by atoms with Crippen molar-refractivity contribution in [2.24, 2.45) is 0 Å². The maximum atomic E-state index is 11.6. The van der Waals surface area contributed by atoms with Crippen LogP contribution in [0.2, 0.25) is 0 Å². The van der Waals surface area contributed by atoms with Crippen molar-refractivity contribution in [2.45, 2.75) is 19.9 Å². The highest BCUT2D eigenvalue weighted by Crippen LogP contribution is 2.20. The molecular formula is C11H16N4O3. The van der Waals surface area contributed by atoms with Gasteiger partial charge in [0, 0.05) is 25.9 Å². The highest BCUT2D eigenvalue weighted by molar-refractivity contribution is 5.83. The molecule has 0 aliphatic carbocycles. The quantitative estimate of drug-likeness (QED) is 0.642. The predicted molar refractivity (Wildman–Crippen MR) is 67.4 cm³/mol. The Morgan fingerprint density at radius 1 is 1.56 bits per heavy atom. The Labute approximate surface area is 105 Å². The summed E-state index contributed by atoms with van der Waals surface area (Å²) in [6.07, 6.45) is 1.41. The average Bonchev–Trinajstić information content (AvgIpc) is 2.29. The first-order valence-electron chi connectivity index (χ1n) is 5.41. The number of anilines is 1. The minimum absolute atomic E-state index is 0.0167. The lowest BCUT2D eigenvalue weighted by Crippen LogP contribution is -2.36. The monoisotopic (exact) mass is 252 g/mol. The van der Waals surface area contributed by atoms with Gasteiger partial charge in [0.25, 0.3) is 5.69 Å². The zero-order valence-electron chi connectivity index (χ0n) is 10.8. The van der Waals surface area contributed by atoms with Gasteiger partial charge >= 0.3 is 0 Å². The fourth-order valence-corrected chi connectivity index (χ4v) is 1.46. The van der Waals surface area contributed by atoms with Crippen LogP contribution in [0.5, 0.6) is 0 Å². The second kappa shape index (κ2) is 5.44. The number of carbonyl (C=O) groups is 1. The first-order valence-corrected chi connectivity index (χ1v) is 5.41. The number of nitrogens with zero attached hydrogens (tertiary/aromatic N) is 3. The van der Waals surface area contributed by atoms with Crippen molar-refractivity contribution in [1.82, 2.24) is 9.88 Å². The summed E-state index contributed by atoms with van der Waals surface area (Å²) in [5, 5.41) is 13.6. The van der Waals surface area contributed by atoms with E-state index in [1.807, 2.05) is 0 Å². The van der Waals surface area contributed by atoms with Crippen LogP contribution in [0.15, 0.2) is 12.3 Å². The fraction of sp³-hybridized carbons (Fsp3) is 0.455.